The molecule has 3 aromatic rings. The molecule has 0 aliphatic heterocycles. The van der Waals surface area contributed by atoms with Crippen LogP contribution in [0, 0.1) is 0 Å². The van der Waals surface area contributed by atoms with Crippen LogP contribution in [0.1, 0.15) is 0 Å². The number of aromatic nitrogens is 2. The van der Waals surface area contributed by atoms with Crippen LogP contribution in [0.25, 0.3) is 0 Å². The maximum absolute atomic E-state index is 5.73. The van der Waals surface area contributed by atoms with Gasteiger partial charge in [-0.2, -0.15) is 4.98 Å². The summed E-state index contributed by atoms with van der Waals surface area (Å²) in [6.45, 7) is 0. The maximum atomic E-state index is 5.73. The molecule has 0 saturated heterocycles. The van der Waals surface area contributed by atoms with E-state index >= 15 is 0 Å². The highest BCUT2D eigenvalue weighted by atomic mass is 79.9. The number of hydrogen-bond donors (Lipinski definition) is 0. The van der Waals surface area contributed by atoms with E-state index in [-0.39, 0.29) is 0 Å². The Labute approximate surface area is 172 Å². The topological polar surface area (TPSA) is 44.2 Å². The fraction of sp³-hybridized carbons (Fsp3) is 0. The van der Waals surface area contributed by atoms with Crippen LogP contribution in [0.15, 0.2) is 66.7 Å². The van der Waals surface area contributed by atoms with Crippen molar-refractivity contribution in [1.29, 1.82) is 0 Å². The Balaban J connectivity index is 1.81. The molecule has 0 atom stereocenters. The number of benzene rings is 2. The lowest BCUT2D eigenvalue weighted by atomic mass is 10.3. The van der Waals surface area contributed by atoms with E-state index in [0.717, 1.165) is 17.9 Å². The third-order valence-electron chi connectivity index (χ3n) is 2.71. The molecule has 0 aliphatic rings. The van der Waals surface area contributed by atoms with Crippen LogP contribution in [-0.4, -0.2) is 9.97 Å². The second-order valence-electron chi connectivity index (χ2n) is 4.61. The van der Waals surface area contributed by atoms with Gasteiger partial charge in [0.2, 0.25) is 11.8 Å². The molecule has 0 spiro atoms. The molecule has 0 saturated carbocycles. The van der Waals surface area contributed by atoms with Gasteiger partial charge in [0.1, 0.15) is 11.5 Å². The fourth-order valence-electron chi connectivity index (χ4n) is 1.85. The van der Waals surface area contributed by atoms with Gasteiger partial charge in [-0.05, 0) is 36.4 Å². The molecule has 1 heterocycles. The molecular weight excluding hydrogens is 572 g/mol. The zero-order valence-corrected chi connectivity index (χ0v) is 18.2. The zero-order chi connectivity index (χ0) is 17.1. The summed E-state index contributed by atoms with van der Waals surface area (Å²) >= 11 is 13.7. The molecule has 3 rings (SSSR count). The predicted octanol–water partition coefficient (Wildman–Crippen LogP) is 7.11. The second-order valence-corrected chi connectivity index (χ2v) is 8.27. The standard InChI is InChI=1S/C16H8Br4N2O2/c17-9-1-10(18)4-13(3-9)23-15-7-21-8-16(22-15)24-14-5-11(19)2-12(20)6-14/h1-8H. The molecular formula is C16H8Br4N2O2. The lowest BCUT2D eigenvalue weighted by molar-refractivity contribution is 0.421. The van der Waals surface area contributed by atoms with Gasteiger partial charge in [-0.1, -0.05) is 63.7 Å². The van der Waals surface area contributed by atoms with Crippen molar-refractivity contribution in [2.75, 3.05) is 0 Å². The number of hydrogen-bond acceptors (Lipinski definition) is 4. The van der Waals surface area contributed by atoms with Gasteiger partial charge in [0.25, 0.3) is 0 Å². The summed E-state index contributed by atoms with van der Waals surface area (Å²) in [4.78, 5) is 8.42. The van der Waals surface area contributed by atoms with Crippen molar-refractivity contribution in [2.45, 2.75) is 0 Å². The van der Waals surface area contributed by atoms with Crippen LogP contribution in [0.2, 0.25) is 0 Å². The molecule has 8 heteroatoms. The number of nitrogens with zero attached hydrogens (tertiary/aromatic N) is 2. The van der Waals surface area contributed by atoms with Gasteiger partial charge in [0.15, 0.2) is 0 Å². The SMILES string of the molecule is Brc1cc(Br)cc(Oc2cncc(Oc3cc(Br)cc(Br)c3)n2)c1. The van der Waals surface area contributed by atoms with Crippen LogP contribution in [0.5, 0.6) is 23.3 Å². The van der Waals surface area contributed by atoms with E-state index < -0.39 is 0 Å². The fourth-order valence-corrected chi connectivity index (χ4v) is 4.35. The monoisotopic (exact) mass is 576 g/mol. The van der Waals surface area contributed by atoms with Crippen molar-refractivity contribution in [3.63, 3.8) is 0 Å². The molecule has 1 aromatic heterocycles. The first-order valence-electron chi connectivity index (χ1n) is 6.58. The zero-order valence-electron chi connectivity index (χ0n) is 11.8. The average molecular weight is 580 g/mol. The number of ether oxygens (including phenoxy) is 2. The first kappa shape index (κ1) is 17.8. The lowest BCUT2D eigenvalue weighted by Gasteiger charge is -2.08. The lowest BCUT2D eigenvalue weighted by Crippen LogP contribution is -1.93. The van der Waals surface area contributed by atoms with Crippen molar-refractivity contribution < 1.29 is 9.47 Å². The Morgan fingerprint density at radius 2 is 0.958 bits per heavy atom. The Morgan fingerprint density at radius 1 is 0.583 bits per heavy atom. The van der Waals surface area contributed by atoms with Gasteiger partial charge in [-0.25, -0.2) is 0 Å². The van der Waals surface area contributed by atoms with Gasteiger partial charge >= 0.3 is 0 Å². The van der Waals surface area contributed by atoms with Crippen LogP contribution in [0.3, 0.4) is 0 Å². The Bertz CT molecular complexity index is 780. The Kier molecular flexibility index (Phi) is 5.91. The first-order chi connectivity index (χ1) is 11.5. The van der Waals surface area contributed by atoms with Crippen molar-refractivity contribution >= 4 is 63.7 Å². The minimum atomic E-state index is 0.339. The van der Waals surface area contributed by atoms with Gasteiger partial charge in [-0.15, -0.1) is 0 Å². The van der Waals surface area contributed by atoms with Crippen molar-refractivity contribution in [2.24, 2.45) is 0 Å². The molecule has 0 unspecified atom stereocenters. The normalized spacial score (nSPS) is 10.5. The van der Waals surface area contributed by atoms with E-state index in [1.54, 1.807) is 0 Å². The van der Waals surface area contributed by atoms with Gasteiger partial charge in [0, 0.05) is 17.9 Å². The summed E-state index contributed by atoms with van der Waals surface area (Å²) in [5.74, 6) is 1.94. The highest BCUT2D eigenvalue weighted by Gasteiger charge is 2.07. The molecule has 0 fully saturated rings. The van der Waals surface area contributed by atoms with Gasteiger partial charge in [0.05, 0.1) is 12.4 Å². The third kappa shape index (κ3) is 5.02. The quantitative estimate of drug-likeness (QED) is 0.330. The smallest absolute Gasteiger partial charge is 0.241 e. The summed E-state index contributed by atoms with van der Waals surface area (Å²) < 4.78 is 15.0. The summed E-state index contributed by atoms with van der Waals surface area (Å²) in [6.07, 6.45) is 3.05. The summed E-state index contributed by atoms with van der Waals surface area (Å²) in [6, 6.07) is 11.2. The Hall–Kier alpha value is -0.960. The van der Waals surface area contributed by atoms with E-state index in [4.69, 9.17) is 9.47 Å². The van der Waals surface area contributed by atoms with E-state index in [1.807, 2.05) is 36.4 Å². The second kappa shape index (κ2) is 7.95. The van der Waals surface area contributed by atoms with Crippen LogP contribution >= 0.6 is 63.7 Å². The molecule has 0 N–H and O–H groups in total. The molecule has 122 valence electrons. The average Bonchev–Trinajstić information content (AvgIpc) is 2.45. The predicted molar refractivity (Wildman–Crippen MR) is 106 cm³/mol. The highest BCUT2D eigenvalue weighted by Crippen LogP contribution is 2.30. The van der Waals surface area contributed by atoms with Crippen LogP contribution in [0.4, 0.5) is 0 Å². The summed E-state index contributed by atoms with van der Waals surface area (Å²) in [5, 5.41) is 0. The maximum Gasteiger partial charge on any atom is 0.241 e. The van der Waals surface area contributed by atoms with Crippen LogP contribution in [-0.2, 0) is 0 Å². The molecule has 0 bridgehead atoms. The van der Waals surface area contributed by atoms with Crippen LogP contribution < -0.4 is 9.47 Å². The molecule has 0 aliphatic carbocycles. The van der Waals surface area contributed by atoms with Gasteiger partial charge in [-0.3, -0.25) is 4.98 Å². The van der Waals surface area contributed by atoms with E-state index in [2.05, 4.69) is 73.7 Å². The van der Waals surface area contributed by atoms with Gasteiger partial charge < -0.3 is 9.47 Å². The number of rotatable bonds is 4. The summed E-state index contributed by atoms with van der Waals surface area (Å²) in [7, 11) is 0. The molecule has 0 radical (unpaired) electrons. The minimum absolute atomic E-state index is 0.339. The summed E-state index contributed by atoms with van der Waals surface area (Å²) in [5.41, 5.74) is 0. The Morgan fingerprint density at radius 3 is 1.33 bits per heavy atom. The van der Waals surface area contributed by atoms with Crippen molar-refractivity contribution in [3.8, 4) is 23.3 Å². The molecule has 24 heavy (non-hydrogen) atoms. The third-order valence-corrected chi connectivity index (χ3v) is 4.54. The van der Waals surface area contributed by atoms with E-state index in [0.29, 0.717) is 23.3 Å². The minimum Gasteiger partial charge on any atom is -0.437 e. The largest absolute Gasteiger partial charge is 0.437 e. The van der Waals surface area contributed by atoms with E-state index in [1.165, 1.54) is 12.4 Å². The first-order valence-corrected chi connectivity index (χ1v) is 9.75. The van der Waals surface area contributed by atoms with Crippen molar-refractivity contribution in [3.05, 3.63) is 66.7 Å². The van der Waals surface area contributed by atoms with E-state index in [9.17, 15) is 0 Å². The van der Waals surface area contributed by atoms with Crippen molar-refractivity contribution in [1.82, 2.24) is 9.97 Å². The number of halogens is 4. The molecule has 0 amide bonds. The molecule has 2 aromatic carbocycles. The molecule has 4 nitrogen and oxygen atoms in total. The highest BCUT2D eigenvalue weighted by molar-refractivity contribution is 9.11.